The molecule has 0 atom stereocenters. The molecule has 2 heterocycles. The minimum absolute atomic E-state index is 1.05. The molecule has 4 rings (SSSR count). The molecule has 1 aromatic heterocycles. The van der Waals surface area contributed by atoms with E-state index in [4.69, 9.17) is 0 Å². The number of thiophene rings is 1. The molecule has 0 saturated heterocycles. The van der Waals surface area contributed by atoms with E-state index in [9.17, 15) is 0 Å². The largest absolute Gasteiger partial charge is 0.144 e. The van der Waals surface area contributed by atoms with Gasteiger partial charge in [0.15, 0.2) is 0 Å². The van der Waals surface area contributed by atoms with Gasteiger partial charge in [0.2, 0.25) is 0 Å². The van der Waals surface area contributed by atoms with Gasteiger partial charge in [0, 0.05) is 20.2 Å². The van der Waals surface area contributed by atoms with Gasteiger partial charge in [-0.25, -0.2) is 0 Å². The molecule has 0 spiro atoms. The lowest BCUT2D eigenvalue weighted by atomic mass is 10.1. The summed E-state index contributed by atoms with van der Waals surface area (Å²) in [5.41, 5.74) is 2.87. The Kier molecular flexibility index (Phi) is 3.34. The summed E-state index contributed by atoms with van der Waals surface area (Å²) in [6, 6.07) is 13.0. The van der Waals surface area contributed by atoms with Gasteiger partial charge >= 0.3 is 0 Å². The van der Waals surface area contributed by atoms with Crippen molar-refractivity contribution in [3.8, 4) is 0 Å². The molecule has 1 aliphatic carbocycles. The number of fused-ring (bicyclic) bond motifs is 1. The van der Waals surface area contributed by atoms with Gasteiger partial charge in [-0.2, -0.15) is 0 Å². The van der Waals surface area contributed by atoms with Crippen molar-refractivity contribution in [1.29, 1.82) is 0 Å². The van der Waals surface area contributed by atoms with Crippen molar-refractivity contribution in [3.63, 3.8) is 0 Å². The normalized spacial score (nSPS) is 16.4. The molecule has 0 unspecified atom stereocenters. The highest BCUT2D eigenvalue weighted by molar-refractivity contribution is 8.25. The zero-order chi connectivity index (χ0) is 13.4. The van der Waals surface area contributed by atoms with Crippen LogP contribution in [0.3, 0.4) is 0 Å². The van der Waals surface area contributed by atoms with E-state index in [1.165, 1.54) is 30.1 Å². The quantitative estimate of drug-likeness (QED) is 0.647. The van der Waals surface area contributed by atoms with Crippen molar-refractivity contribution < 1.29 is 0 Å². The van der Waals surface area contributed by atoms with E-state index in [1.54, 1.807) is 0 Å². The topological polar surface area (TPSA) is 0 Å². The summed E-state index contributed by atoms with van der Waals surface area (Å²) in [4.78, 5) is 4.14. The first-order valence-electron chi connectivity index (χ1n) is 6.51. The number of thioether (sulfide) groups is 2. The number of benzene rings is 1. The fourth-order valence-corrected chi connectivity index (χ4v) is 6.00. The average molecular weight is 312 g/mol. The minimum Gasteiger partial charge on any atom is -0.144 e. The number of hydrogen-bond donors (Lipinski definition) is 0. The molecule has 2 aliphatic rings. The molecule has 0 saturated carbocycles. The van der Waals surface area contributed by atoms with Gasteiger partial charge in [-0.15, -0.1) is 11.3 Å². The SMILES string of the molecule is C1=CCC(C(=C2Sc3ccccc3S2)c2cccs2)=C1. The second-order valence-corrected chi connectivity index (χ2v) is 7.93. The molecule has 2 aromatic rings. The van der Waals surface area contributed by atoms with Gasteiger partial charge in [-0.3, -0.25) is 0 Å². The Balaban J connectivity index is 1.82. The molecule has 0 nitrogen and oxygen atoms in total. The van der Waals surface area contributed by atoms with Crippen LogP contribution in [-0.2, 0) is 0 Å². The molecule has 0 bridgehead atoms. The van der Waals surface area contributed by atoms with E-state index in [0.29, 0.717) is 0 Å². The Morgan fingerprint density at radius 1 is 0.950 bits per heavy atom. The van der Waals surface area contributed by atoms with E-state index >= 15 is 0 Å². The van der Waals surface area contributed by atoms with Crippen molar-refractivity contribution in [1.82, 2.24) is 0 Å². The summed E-state index contributed by atoms with van der Waals surface area (Å²) in [6.45, 7) is 0. The highest BCUT2D eigenvalue weighted by Gasteiger charge is 2.23. The van der Waals surface area contributed by atoms with E-state index in [2.05, 4.69) is 60.0 Å². The summed E-state index contributed by atoms with van der Waals surface area (Å²) in [7, 11) is 0. The van der Waals surface area contributed by atoms with Crippen molar-refractivity contribution in [3.05, 3.63) is 74.7 Å². The molecule has 98 valence electrons. The molecule has 0 amide bonds. The zero-order valence-electron chi connectivity index (χ0n) is 10.7. The van der Waals surface area contributed by atoms with Gasteiger partial charge in [0.05, 0.1) is 4.24 Å². The predicted molar refractivity (Wildman–Crippen MR) is 91.2 cm³/mol. The molecule has 20 heavy (non-hydrogen) atoms. The fraction of sp³-hybridized carbons (Fsp3) is 0.0588. The van der Waals surface area contributed by atoms with Crippen molar-refractivity contribution in [2.75, 3.05) is 0 Å². The van der Waals surface area contributed by atoms with E-state index in [-0.39, 0.29) is 0 Å². The molecule has 1 aromatic carbocycles. The maximum absolute atomic E-state index is 2.26. The van der Waals surface area contributed by atoms with E-state index in [0.717, 1.165) is 6.42 Å². The van der Waals surface area contributed by atoms with Gasteiger partial charge in [-0.05, 0) is 35.6 Å². The number of allylic oxidation sites excluding steroid dienone is 5. The third-order valence-corrected chi connectivity index (χ3v) is 6.77. The Bertz CT molecular complexity index is 706. The first-order chi connectivity index (χ1) is 9.92. The molecular weight excluding hydrogens is 300 g/mol. The Morgan fingerprint density at radius 3 is 2.35 bits per heavy atom. The Hall–Kier alpha value is -1.16. The average Bonchev–Trinajstić information content (AvgIpc) is 3.21. The van der Waals surface area contributed by atoms with Crippen LogP contribution >= 0.6 is 34.9 Å². The summed E-state index contributed by atoms with van der Waals surface area (Å²) in [6.07, 6.45) is 7.71. The number of rotatable bonds is 2. The molecule has 0 radical (unpaired) electrons. The van der Waals surface area contributed by atoms with Crippen molar-refractivity contribution >= 4 is 40.4 Å². The van der Waals surface area contributed by atoms with Crippen molar-refractivity contribution in [2.24, 2.45) is 0 Å². The second kappa shape index (κ2) is 5.32. The molecular formula is C17H12S3. The monoisotopic (exact) mass is 312 g/mol. The highest BCUT2D eigenvalue weighted by atomic mass is 32.2. The predicted octanol–water partition coefficient (Wildman–Crippen LogP) is 6.20. The van der Waals surface area contributed by atoms with Crippen LogP contribution in [0.5, 0.6) is 0 Å². The minimum atomic E-state index is 1.05. The van der Waals surface area contributed by atoms with Crippen LogP contribution in [0.2, 0.25) is 0 Å². The third kappa shape index (κ3) is 2.20. The summed E-state index contributed by atoms with van der Waals surface area (Å²) >= 11 is 5.65. The lowest BCUT2D eigenvalue weighted by Crippen LogP contribution is -1.86. The second-order valence-electron chi connectivity index (χ2n) is 4.61. The van der Waals surface area contributed by atoms with Crippen LogP contribution in [0.4, 0.5) is 0 Å². The van der Waals surface area contributed by atoms with Gasteiger partial charge in [0.1, 0.15) is 0 Å². The smallest absolute Gasteiger partial charge is 0.0588 e. The van der Waals surface area contributed by atoms with Gasteiger partial charge in [-0.1, -0.05) is 60.0 Å². The molecule has 1 aliphatic heterocycles. The van der Waals surface area contributed by atoms with Crippen LogP contribution in [-0.4, -0.2) is 0 Å². The Labute approximate surface area is 131 Å². The maximum atomic E-state index is 2.26. The third-order valence-electron chi connectivity index (χ3n) is 3.32. The van der Waals surface area contributed by atoms with Crippen LogP contribution in [0.25, 0.3) is 5.57 Å². The summed E-state index contributed by atoms with van der Waals surface area (Å²) in [5.74, 6) is 0. The van der Waals surface area contributed by atoms with Crippen molar-refractivity contribution in [2.45, 2.75) is 16.2 Å². The lowest BCUT2D eigenvalue weighted by Gasteiger charge is -2.10. The van der Waals surface area contributed by atoms with Gasteiger partial charge in [0.25, 0.3) is 0 Å². The maximum Gasteiger partial charge on any atom is 0.0588 e. The van der Waals surface area contributed by atoms with E-state index in [1.807, 2.05) is 34.9 Å². The van der Waals surface area contributed by atoms with Crippen LogP contribution in [0.15, 0.2) is 79.6 Å². The molecule has 3 heteroatoms. The molecule has 0 N–H and O–H groups in total. The van der Waals surface area contributed by atoms with E-state index < -0.39 is 0 Å². The van der Waals surface area contributed by atoms with Gasteiger partial charge < -0.3 is 0 Å². The standard InChI is InChI=1S/C17H12S3/c1-2-7-12(6-1)16(15-10-5-11-18-15)17-19-13-8-3-4-9-14(13)20-17/h1-6,8-11H,7H2. The highest BCUT2D eigenvalue weighted by Crippen LogP contribution is 2.55. The first kappa shape index (κ1) is 12.6. The summed E-state index contributed by atoms with van der Waals surface area (Å²) < 4.78 is 1.42. The lowest BCUT2D eigenvalue weighted by molar-refractivity contribution is 1.27. The summed E-state index contributed by atoms with van der Waals surface area (Å²) in [5, 5.41) is 2.16. The fourth-order valence-electron chi connectivity index (χ4n) is 2.38. The first-order valence-corrected chi connectivity index (χ1v) is 9.02. The van der Waals surface area contributed by atoms with Crippen LogP contribution in [0.1, 0.15) is 11.3 Å². The Morgan fingerprint density at radius 2 is 1.75 bits per heavy atom. The molecule has 0 fully saturated rings. The zero-order valence-corrected chi connectivity index (χ0v) is 13.2. The number of hydrogen-bond acceptors (Lipinski definition) is 3. The van der Waals surface area contributed by atoms with Crippen LogP contribution in [0, 0.1) is 0 Å². The van der Waals surface area contributed by atoms with Crippen LogP contribution < -0.4 is 0 Å².